The van der Waals surface area contributed by atoms with Crippen molar-refractivity contribution in [1.82, 2.24) is 0 Å². The molecule has 0 saturated heterocycles. The average molecular weight is 209 g/mol. The van der Waals surface area contributed by atoms with Gasteiger partial charge in [0, 0.05) is 12.1 Å². The van der Waals surface area contributed by atoms with E-state index in [1.54, 1.807) is 14.2 Å². The molecule has 1 aromatic carbocycles. The van der Waals surface area contributed by atoms with Crippen LogP contribution in [0.25, 0.3) is 0 Å². The Hall–Kier alpha value is -1.38. The van der Waals surface area contributed by atoms with Crippen LogP contribution in [0.3, 0.4) is 0 Å². The van der Waals surface area contributed by atoms with E-state index in [1.165, 1.54) is 0 Å². The highest BCUT2D eigenvalue weighted by atomic mass is 16.5. The highest BCUT2D eigenvalue weighted by Crippen LogP contribution is 2.29. The van der Waals surface area contributed by atoms with Gasteiger partial charge in [0.05, 0.1) is 19.9 Å². The quantitative estimate of drug-likeness (QED) is 0.808. The third-order valence-electron chi connectivity index (χ3n) is 2.42. The molecule has 3 heteroatoms. The molecule has 0 spiro atoms. The Bertz CT molecular complexity index is 312. The number of anilines is 1. The van der Waals surface area contributed by atoms with Gasteiger partial charge in [0.15, 0.2) is 0 Å². The van der Waals surface area contributed by atoms with Gasteiger partial charge in [-0.25, -0.2) is 0 Å². The molecule has 0 aliphatic heterocycles. The lowest BCUT2D eigenvalue weighted by Crippen LogP contribution is -2.14. The average Bonchev–Trinajstić information content (AvgIpc) is 2.28. The number of benzene rings is 1. The number of nitrogens with one attached hydrogen (secondary N) is 1. The van der Waals surface area contributed by atoms with Crippen LogP contribution in [0.4, 0.5) is 5.69 Å². The van der Waals surface area contributed by atoms with Crippen molar-refractivity contribution in [2.45, 2.75) is 26.3 Å². The Morgan fingerprint density at radius 1 is 1.27 bits per heavy atom. The van der Waals surface area contributed by atoms with Gasteiger partial charge < -0.3 is 14.8 Å². The Labute approximate surface area is 91.4 Å². The molecule has 1 aromatic rings. The Morgan fingerprint density at radius 3 is 2.53 bits per heavy atom. The van der Waals surface area contributed by atoms with Crippen LogP contribution < -0.4 is 14.8 Å². The summed E-state index contributed by atoms with van der Waals surface area (Å²) in [5.41, 5.74) is 0.978. The van der Waals surface area contributed by atoms with Gasteiger partial charge in [-0.05, 0) is 25.5 Å². The molecule has 0 aromatic heterocycles. The van der Waals surface area contributed by atoms with Crippen molar-refractivity contribution < 1.29 is 9.47 Å². The van der Waals surface area contributed by atoms with E-state index in [0.717, 1.165) is 23.6 Å². The summed E-state index contributed by atoms with van der Waals surface area (Å²) in [6.45, 7) is 4.28. The molecule has 0 unspecified atom stereocenters. The Morgan fingerprint density at radius 2 is 2.00 bits per heavy atom. The molecule has 0 aliphatic rings. The topological polar surface area (TPSA) is 30.5 Å². The molecule has 0 amide bonds. The molecule has 1 rings (SSSR count). The standard InChI is InChI=1S/C12H19NO2/c1-5-9(2)13-11-8-10(14-3)6-7-12(11)15-4/h6-9,13H,5H2,1-4H3/t9-/m1/s1. The van der Waals surface area contributed by atoms with Crippen molar-refractivity contribution in [1.29, 1.82) is 0 Å². The van der Waals surface area contributed by atoms with Crippen molar-refractivity contribution in [3.05, 3.63) is 18.2 Å². The van der Waals surface area contributed by atoms with E-state index >= 15 is 0 Å². The molecule has 84 valence electrons. The summed E-state index contributed by atoms with van der Waals surface area (Å²) in [5, 5.41) is 3.38. The van der Waals surface area contributed by atoms with Crippen molar-refractivity contribution in [3.63, 3.8) is 0 Å². The summed E-state index contributed by atoms with van der Waals surface area (Å²) in [6, 6.07) is 6.17. The van der Waals surface area contributed by atoms with E-state index in [4.69, 9.17) is 9.47 Å². The van der Waals surface area contributed by atoms with Gasteiger partial charge in [-0.3, -0.25) is 0 Å². The lowest BCUT2D eigenvalue weighted by atomic mass is 10.2. The largest absolute Gasteiger partial charge is 0.497 e. The first kappa shape index (κ1) is 11.7. The summed E-state index contributed by atoms with van der Waals surface area (Å²) in [7, 11) is 3.33. The zero-order valence-electron chi connectivity index (χ0n) is 9.83. The molecule has 0 radical (unpaired) electrons. The van der Waals surface area contributed by atoms with Crippen LogP contribution >= 0.6 is 0 Å². The fraction of sp³-hybridized carbons (Fsp3) is 0.500. The maximum absolute atomic E-state index is 5.27. The van der Waals surface area contributed by atoms with Gasteiger partial charge in [-0.15, -0.1) is 0 Å². The minimum atomic E-state index is 0.422. The van der Waals surface area contributed by atoms with E-state index < -0.39 is 0 Å². The van der Waals surface area contributed by atoms with Crippen LogP contribution in [0.15, 0.2) is 18.2 Å². The molecule has 15 heavy (non-hydrogen) atoms. The normalized spacial score (nSPS) is 12.0. The van der Waals surface area contributed by atoms with Gasteiger partial charge in [-0.1, -0.05) is 6.92 Å². The van der Waals surface area contributed by atoms with Crippen LogP contribution in [0, 0.1) is 0 Å². The third-order valence-corrected chi connectivity index (χ3v) is 2.42. The fourth-order valence-electron chi connectivity index (χ4n) is 1.29. The molecule has 0 heterocycles. The molecule has 3 nitrogen and oxygen atoms in total. The van der Waals surface area contributed by atoms with Crippen molar-refractivity contribution in [3.8, 4) is 11.5 Å². The Balaban J connectivity index is 2.90. The summed E-state index contributed by atoms with van der Waals surface area (Å²) < 4.78 is 10.4. The number of hydrogen-bond acceptors (Lipinski definition) is 3. The van der Waals surface area contributed by atoms with Crippen molar-refractivity contribution in [2.75, 3.05) is 19.5 Å². The van der Waals surface area contributed by atoms with E-state index in [0.29, 0.717) is 6.04 Å². The first-order chi connectivity index (χ1) is 7.21. The maximum Gasteiger partial charge on any atom is 0.142 e. The highest BCUT2D eigenvalue weighted by molar-refractivity contribution is 5.60. The summed E-state index contributed by atoms with van der Waals surface area (Å²) >= 11 is 0. The van der Waals surface area contributed by atoms with Gasteiger partial charge in [0.25, 0.3) is 0 Å². The lowest BCUT2D eigenvalue weighted by molar-refractivity contribution is 0.404. The number of methoxy groups -OCH3 is 2. The molecule has 0 bridgehead atoms. The summed E-state index contributed by atoms with van der Waals surface area (Å²) in [4.78, 5) is 0. The molecule has 1 N–H and O–H groups in total. The predicted octanol–water partition coefficient (Wildman–Crippen LogP) is 2.91. The first-order valence-electron chi connectivity index (χ1n) is 5.19. The smallest absolute Gasteiger partial charge is 0.142 e. The van der Waals surface area contributed by atoms with Gasteiger partial charge >= 0.3 is 0 Å². The summed E-state index contributed by atoms with van der Waals surface area (Å²) in [5.74, 6) is 1.68. The third kappa shape index (κ3) is 3.05. The van der Waals surface area contributed by atoms with Crippen LogP contribution in [0.5, 0.6) is 11.5 Å². The van der Waals surface area contributed by atoms with Gasteiger partial charge in [0.2, 0.25) is 0 Å². The number of rotatable bonds is 5. The molecule has 0 aliphatic carbocycles. The second-order valence-corrected chi connectivity index (χ2v) is 3.52. The second-order valence-electron chi connectivity index (χ2n) is 3.52. The molecular formula is C12H19NO2. The Kier molecular flexibility index (Phi) is 4.28. The predicted molar refractivity (Wildman–Crippen MR) is 62.9 cm³/mol. The minimum absolute atomic E-state index is 0.422. The maximum atomic E-state index is 5.27. The van der Waals surface area contributed by atoms with Crippen LogP contribution in [0.1, 0.15) is 20.3 Å². The second kappa shape index (κ2) is 5.49. The van der Waals surface area contributed by atoms with Crippen molar-refractivity contribution in [2.24, 2.45) is 0 Å². The highest BCUT2D eigenvalue weighted by Gasteiger charge is 2.06. The molecule has 0 fully saturated rings. The number of ether oxygens (including phenoxy) is 2. The van der Waals surface area contributed by atoms with Crippen LogP contribution in [0.2, 0.25) is 0 Å². The van der Waals surface area contributed by atoms with Crippen LogP contribution in [-0.4, -0.2) is 20.3 Å². The van der Waals surface area contributed by atoms with E-state index in [2.05, 4.69) is 19.2 Å². The number of hydrogen-bond donors (Lipinski definition) is 1. The van der Waals surface area contributed by atoms with Crippen molar-refractivity contribution >= 4 is 5.69 Å². The monoisotopic (exact) mass is 209 g/mol. The van der Waals surface area contributed by atoms with E-state index in [1.807, 2.05) is 18.2 Å². The first-order valence-corrected chi connectivity index (χ1v) is 5.19. The van der Waals surface area contributed by atoms with E-state index in [9.17, 15) is 0 Å². The summed E-state index contributed by atoms with van der Waals surface area (Å²) in [6.07, 6.45) is 1.07. The molecular weight excluding hydrogens is 190 g/mol. The zero-order valence-corrected chi connectivity index (χ0v) is 9.83. The molecule has 0 saturated carbocycles. The van der Waals surface area contributed by atoms with Gasteiger partial charge in [0.1, 0.15) is 11.5 Å². The lowest BCUT2D eigenvalue weighted by Gasteiger charge is -2.16. The SMILES string of the molecule is CC[C@@H](C)Nc1cc(OC)ccc1OC. The van der Waals surface area contributed by atoms with E-state index in [-0.39, 0.29) is 0 Å². The fourth-order valence-corrected chi connectivity index (χ4v) is 1.29. The molecule has 1 atom stereocenters. The minimum Gasteiger partial charge on any atom is -0.497 e. The van der Waals surface area contributed by atoms with Crippen LogP contribution in [-0.2, 0) is 0 Å². The zero-order chi connectivity index (χ0) is 11.3. The van der Waals surface area contributed by atoms with Gasteiger partial charge in [-0.2, -0.15) is 0 Å².